The van der Waals surface area contributed by atoms with Crippen molar-refractivity contribution < 1.29 is 5.11 Å². The van der Waals surface area contributed by atoms with Crippen molar-refractivity contribution in [2.45, 2.75) is 18.6 Å². The highest BCUT2D eigenvalue weighted by atomic mass is 16.3. The molecule has 0 amide bonds. The topological polar surface area (TPSA) is 32.3 Å². The Hall–Kier alpha value is -0.860. The summed E-state index contributed by atoms with van der Waals surface area (Å²) in [6.45, 7) is 0.894. The summed E-state index contributed by atoms with van der Waals surface area (Å²) >= 11 is 0. The van der Waals surface area contributed by atoms with Crippen molar-refractivity contribution in [1.29, 1.82) is 0 Å². The van der Waals surface area contributed by atoms with Crippen molar-refractivity contribution in [2.75, 3.05) is 6.54 Å². The highest BCUT2D eigenvalue weighted by molar-refractivity contribution is 5.21. The van der Waals surface area contributed by atoms with Crippen LogP contribution in [-0.2, 0) is 0 Å². The number of hydrogen-bond donors (Lipinski definition) is 2. The average Bonchev–Trinajstić information content (AvgIpc) is 2.54. The Kier molecular flexibility index (Phi) is 2.11. The van der Waals surface area contributed by atoms with Crippen molar-refractivity contribution in [3.8, 4) is 0 Å². The molecule has 1 aromatic carbocycles. The lowest BCUT2D eigenvalue weighted by molar-refractivity contribution is 0.159. The summed E-state index contributed by atoms with van der Waals surface area (Å²) in [5, 5.41) is 12.3. The summed E-state index contributed by atoms with van der Waals surface area (Å²) in [6.07, 6.45) is 0.527. The first kappa shape index (κ1) is 7.77. The second kappa shape index (κ2) is 3.25. The zero-order valence-corrected chi connectivity index (χ0v) is 6.90. The second-order valence-corrected chi connectivity index (χ2v) is 3.27. The van der Waals surface area contributed by atoms with Crippen molar-refractivity contribution >= 4 is 0 Å². The number of hydrogen-bond acceptors (Lipinski definition) is 2. The first-order chi connectivity index (χ1) is 5.86. The Bertz CT molecular complexity index is 247. The van der Waals surface area contributed by atoms with Crippen LogP contribution in [0.15, 0.2) is 30.3 Å². The van der Waals surface area contributed by atoms with E-state index in [1.165, 1.54) is 5.56 Å². The Morgan fingerprint density at radius 2 is 2.00 bits per heavy atom. The van der Waals surface area contributed by atoms with E-state index < -0.39 is 0 Å². The van der Waals surface area contributed by atoms with E-state index in [2.05, 4.69) is 17.4 Å². The van der Waals surface area contributed by atoms with Gasteiger partial charge in [-0.15, -0.1) is 0 Å². The molecule has 2 rings (SSSR count). The van der Waals surface area contributed by atoms with Crippen LogP contribution in [0.4, 0.5) is 0 Å². The Morgan fingerprint density at radius 3 is 2.58 bits per heavy atom. The molecule has 1 saturated heterocycles. The lowest BCUT2D eigenvalue weighted by atomic mass is 9.98. The molecule has 2 heteroatoms. The van der Waals surface area contributed by atoms with Gasteiger partial charge in [-0.1, -0.05) is 30.3 Å². The molecule has 1 aliphatic heterocycles. The van der Waals surface area contributed by atoms with E-state index in [4.69, 9.17) is 0 Å². The van der Waals surface area contributed by atoms with Crippen molar-refractivity contribution in [3.63, 3.8) is 0 Å². The van der Waals surface area contributed by atoms with Gasteiger partial charge in [0, 0.05) is 12.5 Å². The van der Waals surface area contributed by atoms with Gasteiger partial charge in [-0.05, 0) is 12.0 Å². The summed E-state index contributed by atoms with van der Waals surface area (Å²) < 4.78 is 0. The maximum atomic E-state index is 9.25. The molecular weight excluding hydrogens is 150 g/mol. The highest BCUT2D eigenvalue weighted by Crippen LogP contribution is 2.23. The van der Waals surface area contributed by atoms with Crippen molar-refractivity contribution in [3.05, 3.63) is 35.9 Å². The summed E-state index contributed by atoms with van der Waals surface area (Å²) in [6, 6.07) is 10.3. The molecule has 0 saturated carbocycles. The standard InChI is InChI=1S/C10H13NO/c12-10-6-9(7-11-10)8-4-2-1-3-5-8/h1-5,9-12H,6-7H2/t9-,10?/m0/s1. The molecule has 1 aromatic rings. The van der Waals surface area contributed by atoms with Crippen LogP contribution in [0.5, 0.6) is 0 Å². The number of nitrogens with one attached hydrogen (secondary N) is 1. The van der Waals surface area contributed by atoms with Gasteiger partial charge in [0.25, 0.3) is 0 Å². The zero-order valence-electron chi connectivity index (χ0n) is 6.90. The van der Waals surface area contributed by atoms with E-state index in [1.807, 2.05) is 18.2 Å². The first-order valence-electron chi connectivity index (χ1n) is 4.32. The van der Waals surface area contributed by atoms with Gasteiger partial charge in [-0.2, -0.15) is 0 Å². The van der Waals surface area contributed by atoms with Crippen LogP contribution in [0, 0.1) is 0 Å². The predicted octanol–water partition coefficient (Wildman–Crippen LogP) is 1.08. The fraction of sp³-hybridized carbons (Fsp3) is 0.400. The number of benzene rings is 1. The summed E-state index contributed by atoms with van der Waals surface area (Å²) in [4.78, 5) is 0. The quantitative estimate of drug-likeness (QED) is 0.649. The monoisotopic (exact) mass is 163 g/mol. The van der Waals surface area contributed by atoms with E-state index in [0.29, 0.717) is 5.92 Å². The van der Waals surface area contributed by atoms with E-state index in [9.17, 15) is 5.11 Å². The maximum Gasteiger partial charge on any atom is 0.105 e. The van der Waals surface area contributed by atoms with Gasteiger partial charge < -0.3 is 5.11 Å². The molecule has 1 heterocycles. The van der Waals surface area contributed by atoms with Gasteiger partial charge in [-0.3, -0.25) is 5.32 Å². The Morgan fingerprint density at radius 1 is 1.25 bits per heavy atom. The van der Waals surface area contributed by atoms with Crippen LogP contribution in [0.1, 0.15) is 17.9 Å². The SMILES string of the molecule is OC1C[C@H](c2ccccc2)CN1. The summed E-state index contributed by atoms with van der Waals surface area (Å²) in [5.74, 6) is 0.487. The largest absolute Gasteiger partial charge is 0.379 e. The van der Waals surface area contributed by atoms with Crippen LogP contribution >= 0.6 is 0 Å². The van der Waals surface area contributed by atoms with Gasteiger partial charge >= 0.3 is 0 Å². The minimum Gasteiger partial charge on any atom is -0.379 e. The third-order valence-corrected chi connectivity index (χ3v) is 2.38. The molecule has 0 aromatic heterocycles. The number of aliphatic hydroxyl groups excluding tert-OH is 1. The summed E-state index contributed by atoms with van der Waals surface area (Å²) in [5.41, 5.74) is 1.32. The van der Waals surface area contributed by atoms with Gasteiger partial charge in [-0.25, -0.2) is 0 Å². The molecule has 0 spiro atoms. The van der Waals surface area contributed by atoms with Crippen LogP contribution < -0.4 is 5.32 Å². The lowest BCUT2D eigenvalue weighted by Crippen LogP contribution is -2.19. The maximum absolute atomic E-state index is 9.25. The van der Waals surface area contributed by atoms with Crippen LogP contribution in [-0.4, -0.2) is 17.9 Å². The Labute approximate surface area is 72.2 Å². The third-order valence-electron chi connectivity index (χ3n) is 2.38. The van der Waals surface area contributed by atoms with Gasteiger partial charge in [0.15, 0.2) is 0 Å². The minimum absolute atomic E-state index is 0.310. The minimum atomic E-state index is -0.310. The van der Waals surface area contributed by atoms with Crippen molar-refractivity contribution in [1.82, 2.24) is 5.32 Å². The van der Waals surface area contributed by atoms with Crippen LogP contribution in [0.2, 0.25) is 0 Å². The second-order valence-electron chi connectivity index (χ2n) is 3.27. The normalized spacial score (nSPS) is 29.1. The van der Waals surface area contributed by atoms with Crippen LogP contribution in [0.25, 0.3) is 0 Å². The molecule has 1 unspecified atom stereocenters. The molecule has 1 fully saturated rings. The van der Waals surface area contributed by atoms with E-state index >= 15 is 0 Å². The molecule has 64 valence electrons. The Balaban J connectivity index is 2.11. The average molecular weight is 163 g/mol. The van der Waals surface area contributed by atoms with Gasteiger partial charge in [0.2, 0.25) is 0 Å². The van der Waals surface area contributed by atoms with E-state index in [0.717, 1.165) is 13.0 Å². The molecule has 2 atom stereocenters. The molecular formula is C10H13NO. The molecule has 0 bridgehead atoms. The van der Waals surface area contributed by atoms with Gasteiger partial charge in [0.05, 0.1) is 0 Å². The smallest absolute Gasteiger partial charge is 0.105 e. The lowest BCUT2D eigenvalue weighted by Gasteiger charge is -2.06. The molecule has 12 heavy (non-hydrogen) atoms. The van der Waals surface area contributed by atoms with E-state index in [1.54, 1.807) is 0 Å². The molecule has 2 nitrogen and oxygen atoms in total. The highest BCUT2D eigenvalue weighted by Gasteiger charge is 2.22. The number of aliphatic hydroxyl groups is 1. The van der Waals surface area contributed by atoms with E-state index in [-0.39, 0.29) is 6.23 Å². The fourth-order valence-corrected chi connectivity index (χ4v) is 1.69. The molecule has 1 aliphatic rings. The van der Waals surface area contributed by atoms with Crippen molar-refractivity contribution in [2.24, 2.45) is 0 Å². The van der Waals surface area contributed by atoms with Gasteiger partial charge in [0.1, 0.15) is 6.23 Å². The predicted molar refractivity (Wildman–Crippen MR) is 47.8 cm³/mol. The first-order valence-corrected chi connectivity index (χ1v) is 4.32. The fourth-order valence-electron chi connectivity index (χ4n) is 1.69. The summed E-state index contributed by atoms with van der Waals surface area (Å²) in [7, 11) is 0. The van der Waals surface area contributed by atoms with Crippen LogP contribution in [0.3, 0.4) is 0 Å². The third kappa shape index (κ3) is 1.49. The zero-order chi connectivity index (χ0) is 8.39. The molecule has 0 radical (unpaired) electrons. The number of rotatable bonds is 1. The molecule has 0 aliphatic carbocycles. The molecule has 2 N–H and O–H groups in total.